The third-order valence-electron chi connectivity index (χ3n) is 2.68. The van der Waals surface area contributed by atoms with Crippen LogP contribution in [0.2, 0.25) is 0 Å². The van der Waals surface area contributed by atoms with E-state index in [2.05, 4.69) is 25.5 Å². The normalized spacial score (nSPS) is 16.7. The highest BCUT2D eigenvalue weighted by Crippen LogP contribution is 1.98. The Kier molecular flexibility index (Phi) is 4.40. The van der Waals surface area contributed by atoms with Crippen molar-refractivity contribution >= 4 is 11.9 Å². The monoisotopic (exact) mass is 235 g/mol. The van der Waals surface area contributed by atoms with Crippen LogP contribution in [0.15, 0.2) is 18.5 Å². The molecule has 2 N–H and O–H groups in total. The molecular formula is C11H17N5O. The van der Waals surface area contributed by atoms with Crippen molar-refractivity contribution in [1.82, 2.24) is 20.2 Å². The third kappa shape index (κ3) is 4.08. The molecule has 0 aliphatic carbocycles. The van der Waals surface area contributed by atoms with E-state index in [0.717, 1.165) is 32.7 Å². The smallest absolute Gasteiger partial charge is 0.229 e. The van der Waals surface area contributed by atoms with Gasteiger partial charge in [-0.15, -0.1) is 0 Å². The lowest BCUT2D eigenvalue weighted by Crippen LogP contribution is -2.44. The molecule has 1 fully saturated rings. The summed E-state index contributed by atoms with van der Waals surface area (Å²) in [4.78, 5) is 21.8. The second-order valence-electron chi connectivity index (χ2n) is 3.96. The summed E-state index contributed by atoms with van der Waals surface area (Å²) in [6.07, 6.45) is 3.70. The maximum atomic E-state index is 11.6. The van der Waals surface area contributed by atoms with E-state index in [4.69, 9.17) is 0 Å². The van der Waals surface area contributed by atoms with Gasteiger partial charge in [-0.3, -0.25) is 10.1 Å². The minimum Gasteiger partial charge on any atom is -0.314 e. The highest BCUT2D eigenvalue weighted by Gasteiger charge is 2.11. The van der Waals surface area contributed by atoms with Crippen LogP contribution >= 0.6 is 0 Å². The first-order valence-electron chi connectivity index (χ1n) is 5.84. The molecule has 1 aromatic heterocycles. The fourth-order valence-electron chi connectivity index (χ4n) is 1.75. The zero-order valence-corrected chi connectivity index (χ0v) is 9.72. The first-order chi connectivity index (χ1) is 8.34. The van der Waals surface area contributed by atoms with Crippen molar-refractivity contribution in [2.24, 2.45) is 0 Å². The van der Waals surface area contributed by atoms with Gasteiger partial charge in [-0.05, 0) is 6.07 Å². The van der Waals surface area contributed by atoms with E-state index in [1.54, 1.807) is 18.5 Å². The average Bonchev–Trinajstić information content (AvgIpc) is 2.39. The molecule has 6 heteroatoms. The summed E-state index contributed by atoms with van der Waals surface area (Å²) in [6, 6.07) is 1.72. The minimum absolute atomic E-state index is 0.0327. The molecule has 1 aromatic rings. The van der Waals surface area contributed by atoms with Crippen LogP contribution in [-0.4, -0.2) is 53.5 Å². The average molecular weight is 235 g/mol. The van der Waals surface area contributed by atoms with Crippen molar-refractivity contribution in [1.29, 1.82) is 0 Å². The molecule has 0 spiro atoms. The fraction of sp³-hybridized carbons (Fsp3) is 0.545. The van der Waals surface area contributed by atoms with Crippen molar-refractivity contribution < 1.29 is 4.79 Å². The number of carbonyl (C=O) groups is 1. The Bertz CT molecular complexity index is 350. The van der Waals surface area contributed by atoms with Crippen LogP contribution in [0.1, 0.15) is 6.42 Å². The number of anilines is 1. The minimum atomic E-state index is -0.0327. The Morgan fingerprint density at radius 1 is 1.35 bits per heavy atom. The SMILES string of the molecule is O=C(CCN1CCNCC1)Nc1ncccn1. The number of rotatable bonds is 4. The maximum absolute atomic E-state index is 11.6. The van der Waals surface area contributed by atoms with Crippen LogP contribution in [0.3, 0.4) is 0 Å². The Balaban J connectivity index is 1.70. The highest BCUT2D eigenvalue weighted by atomic mass is 16.1. The summed E-state index contributed by atoms with van der Waals surface area (Å²) >= 11 is 0. The van der Waals surface area contributed by atoms with Crippen molar-refractivity contribution in [2.75, 3.05) is 38.0 Å². The molecule has 0 bridgehead atoms. The van der Waals surface area contributed by atoms with Crippen LogP contribution in [0, 0.1) is 0 Å². The molecule has 2 rings (SSSR count). The van der Waals surface area contributed by atoms with Gasteiger partial charge in [0.25, 0.3) is 0 Å². The van der Waals surface area contributed by atoms with Crippen LogP contribution in [0.25, 0.3) is 0 Å². The summed E-state index contributed by atoms with van der Waals surface area (Å²) < 4.78 is 0. The topological polar surface area (TPSA) is 70.2 Å². The van der Waals surface area contributed by atoms with E-state index in [1.807, 2.05) is 0 Å². The molecule has 1 aliphatic heterocycles. The number of carbonyl (C=O) groups excluding carboxylic acids is 1. The predicted octanol–water partition coefficient (Wildman–Crippen LogP) is -0.290. The first-order valence-corrected chi connectivity index (χ1v) is 5.84. The van der Waals surface area contributed by atoms with Gasteiger partial charge in [0.05, 0.1) is 0 Å². The van der Waals surface area contributed by atoms with Crippen LogP contribution < -0.4 is 10.6 Å². The third-order valence-corrected chi connectivity index (χ3v) is 2.68. The molecular weight excluding hydrogens is 218 g/mol. The predicted molar refractivity (Wildman–Crippen MR) is 64.6 cm³/mol. The molecule has 0 atom stereocenters. The van der Waals surface area contributed by atoms with Gasteiger partial charge in [0.2, 0.25) is 11.9 Å². The van der Waals surface area contributed by atoms with Gasteiger partial charge >= 0.3 is 0 Å². The van der Waals surface area contributed by atoms with Gasteiger partial charge < -0.3 is 10.2 Å². The highest BCUT2D eigenvalue weighted by molar-refractivity contribution is 5.88. The van der Waals surface area contributed by atoms with Gasteiger partial charge in [-0.1, -0.05) is 0 Å². The molecule has 0 saturated carbocycles. The Labute approximate surface area is 100 Å². The maximum Gasteiger partial charge on any atom is 0.229 e. The van der Waals surface area contributed by atoms with Crippen LogP contribution in [0.5, 0.6) is 0 Å². The molecule has 0 aromatic carbocycles. The molecule has 2 heterocycles. The van der Waals surface area contributed by atoms with E-state index in [1.165, 1.54) is 0 Å². The van der Waals surface area contributed by atoms with Gasteiger partial charge in [-0.2, -0.15) is 0 Å². The zero-order chi connectivity index (χ0) is 11.9. The van der Waals surface area contributed by atoms with E-state index < -0.39 is 0 Å². The van der Waals surface area contributed by atoms with E-state index in [9.17, 15) is 4.79 Å². The number of hydrogen-bond acceptors (Lipinski definition) is 5. The largest absolute Gasteiger partial charge is 0.314 e. The number of nitrogens with zero attached hydrogens (tertiary/aromatic N) is 3. The van der Waals surface area contributed by atoms with Crippen molar-refractivity contribution in [3.8, 4) is 0 Å². The molecule has 1 saturated heterocycles. The summed E-state index contributed by atoms with van der Waals surface area (Å²) in [5.41, 5.74) is 0. The second-order valence-corrected chi connectivity index (χ2v) is 3.96. The van der Waals surface area contributed by atoms with Gasteiger partial charge in [0, 0.05) is 51.5 Å². The number of aromatic nitrogens is 2. The number of amides is 1. The standard InChI is InChI=1S/C11H17N5O/c17-10(15-11-13-3-1-4-14-11)2-7-16-8-5-12-6-9-16/h1,3-4,12H,2,5-9H2,(H,13,14,15,17). The second kappa shape index (κ2) is 6.27. The Hall–Kier alpha value is -1.53. The van der Waals surface area contributed by atoms with Gasteiger partial charge in [-0.25, -0.2) is 9.97 Å². The lowest BCUT2D eigenvalue weighted by atomic mass is 10.3. The fourth-order valence-corrected chi connectivity index (χ4v) is 1.75. The summed E-state index contributed by atoms with van der Waals surface area (Å²) in [5.74, 6) is 0.340. The van der Waals surface area contributed by atoms with Crippen molar-refractivity contribution in [3.63, 3.8) is 0 Å². The molecule has 17 heavy (non-hydrogen) atoms. The van der Waals surface area contributed by atoms with Gasteiger partial charge in [0.1, 0.15) is 0 Å². The number of nitrogens with one attached hydrogen (secondary N) is 2. The first kappa shape index (κ1) is 11.9. The molecule has 6 nitrogen and oxygen atoms in total. The number of piperazine rings is 1. The summed E-state index contributed by atoms with van der Waals surface area (Å²) in [6.45, 7) is 4.82. The molecule has 0 radical (unpaired) electrons. The molecule has 1 amide bonds. The van der Waals surface area contributed by atoms with Gasteiger partial charge in [0.15, 0.2) is 0 Å². The molecule has 0 unspecified atom stereocenters. The number of hydrogen-bond donors (Lipinski definition) is 2. The quantitative estimate of drug-likeness (QED) is 0.750. The lowest BCUT2D eigenvalue weighted by Gasteiger charge is -2.26. The Morgan fingerprint density at radius 3 is 2.76 bits per heavy atom. The molecule has 1 aliphatic rings. The van der Waals surface area contributed by atoms with E-state index in [0.29, 0.717) is 12.4 Å². The Morgan fingerprint density at radius 2 is 2.06 bits per heavy atom. The van der Waals surface area contributed by atoms with Crippen LogP contribution in [0.4, 0.5) is 5.95 Å². The van der Waals surface area contributed by atoms with E-state index >= 15 is 0 Å². The molecule has 92 valence electrons. The zero-order valence-electron chi connectivity index (χ0n) is 9.72. The van der Waals surface area contributed by atoms with Crippen LogP contribution in [-0.2, 0) is 4.79 Å². The van der Waals surface area contributed by atoms with Crippen molar-refractivity contribution in [3.05, 3.63) is 18.5 Å². The van der Waals surface area contributed by atoms with E-state index in [-0.39, 0.29) is 5.91 Å². The summed E-state index contributed by atoms with van der Waals surface area (Å²) in [5, 5.41) is 5.96. The summed E-state index contributed by atoms with van der Waals surface area (Å²) in [7, 11) is 0. The van der Waals surface area contributed by atoms with Crippen molar-refractivity contribution in [2.45, 2.75) is 6.42 Å². The lowest BCUT2D eigenvalue weighted by molar-refractivity contribution is -0.116.